The van der Waals surface area contributed by atoms with Crippen molar-refractivity contribution in [3.8, 4) is 0 Å². The zero-order valence-electron chi connectivity index (χ0n) is 13.7. The summed E-state index contributed by atoms with van der Waals surface area (Å²) in [5.41, 5.74) is 1.02. The largest absolute Gasteiger partial charge is 0.378 e. The van der Waals surface area contributed by atoms with Crippen molar-refractivity contribution in [2.24, 2.45) is 5.92 Å². The van der Waals surface area contributed by atoms with Crippen LogP contribution in [0, 0.1) is 5.92 Å². The van der Waals surface area contributed by atoms with E-state index in [1.807, 2.05) is 11.0 Å². The number of aromatic nitrogens is 2. The van der Waals surface area contributed by atoms with E-state index in [0.29, 0.717) is 31.5 Å². The van der Waals surface area contributed by atoms with Gasteiger partial charge in [0.05, 0.1) is 23.4 Å². The maximum absolute atomic E-state index is 12.4. The molecule has 0 aromatic carbocycles. The summed E-state index contributed by atoms with van der Waals surface area (Å²) in [5.74, 6) is 1.82. The third-order valence-corrected chi connectivity index (χ3v) is 5.87. The number of carbonyl (C=O) groups excluding carboxylic acids is 1. The molecule has 24 heavy (non-hydrogen) atoms. The van der Waals surface area contributed by atoms with Gasteiger partial charge in [-0.15, -0.1) is 11.3 Å². The number of carbonyl (C=O) groups is 1. The van der Waals surface area contributed by atoms with Crippen LogP contribution in [0.5, 0.6) is 0 Å². The van der Waals surface area contributed by atoms with Gasteiger partial charge in [-0.2, -0.15) is 0 Å². The first-order chi connectivity index (χ1) is 11.8. The van der Waals surface area contributed by atoms with Gasteiger partial charge in [0.2, 0.25) is 5.91 Å². The van der Waals surface area contributed by atoms with Crippen LogP contribution in [-0.4, -0.2) is 60.2 Å². The molecule has 0 N–H and O–H groups in total. The van der Waals surface area contributed by atoms with Gasteiger partial charge in [-0.1, -0.05) is 0 Å². The number of anilines is 1. The van der Waals surface area contributed by atoms with Gasteiger partial charge >= 0.3 is 0 Å². The Morgan fingerprint density at radius 3 is 2.79 bits per heavy atom. The summed E-state index contributed by atoms with van der Waals surface area (Å²) < 4.78 is 6.49. The average molecular weight is 346 g/mol. The van der Waals surface area contributed by atoms with Crippen LogP contribution in [0.15, 0.2) is 17.8 Å². The van der Waals surface area contributed by atoms with Crippen molar-refractivity contribution >= 4 is 33.3 Å². The van der Waals surface area contributed by atoms with Crippen molar-refractivity contribution in [3.63, 3.8) is 0 Å². The van der Waals surface area contributed by atoms with Crippen molar-refractivity contribution in [2.45, 2.75) is 19.3 Å². The van der Waals surface area contributed by atoms with Crippen LogP contribution in [0.1, 0.15) is 19.3 Å². The van der Waals surface area contributed by atoms with E-state index >= 15 is 0 Å². The highest BCUT2D eigenvalue weighted by molar-refractivity contribution is 7.17. The number of thiophene rings is 1. The van der Waals surface area contributed by atoms with E-state index in [-0.39, 0.29) is 0 Å². The van der Waals surface area contributed by atoms with E-state index in [2.05, 4.69) is 20.2 Å². The average Bonchev–Trinajstić information content (AvgIpc) is 3.12. The Balaban J connectivity index is 1.35. The fourth-order valence-corrected chi connectivity index (χ4v) is 4.40. The number of amides is 1. The second-order valence-electron chi connectivity index (χ2n) is 6.46. The SMILES string of the molecule is O=C(CC1CCN(c2ncnc3ccsc23)CC1)N1CCOCC1. The molecule has 0 aliphatic carbocycles. The standard InChI is InChI=1S/C17H22N4O2S/c22-15(20-6-8-23-9-7-20)11-13-1-4-21(5-2-13)17-16-14(3-10-24-16)18-12-19-17/h3,10,12-13H,1-2,4-9,11H2. The normalized spacial score (nSPS) is 19.8. The molecule has 4 heterocycles. The predicted molar refractivity (Wildman–Crippen MR) is 94.4 cm³/mol. The van der Waals surface area contributed by atoms with Crippen molar-refractivity contribution in [1.82, 2.24) is 14.9 Å². The zero-order chi connectivity index (χ0) is 16.4. The Hall–Kier alpha value is -1.73. The fourth-order valence-electron chi connectivity index (χ4n) is 3.54. The number of hydrogen-bond acceptors (Lipinski definition) is 6. The molecule has 0 bridgehead atoms. The lowest BCUT2D eigenvalue weighted by Crippen LogP contribution is -2.42. The molecular formula is C17H22N4O2S. The predicted octanol–water partition coefficient (Wildman–Crippen LogP) is 2.16. The van der Waals surface area contributed by atoms with Crippen LogP contribution in [0.2, 0.25) is 0 Å². The molecular weight excluding hydrogens is 324 g/mol. The van der Waals surface area contributed by atoms with Crippen molar-refractivity contribution in [1.29, 1.82) is 0 Å². The molecule has 0 atom stereocenters. The summed E-state index contributed by atoms with van der Waals surface area (Å²) in [5, 5.41) is 2.07. The second-order valence-corrected chi connectivity index (χ2v) is 7.38. The lowest BCUT2D eigenvalue weighted by atomic mass is 9.93. The van der Waals surface area contributed by atoms with Crippen LogP contribution in [0.25, 0.3) is 10.2 Å². The Morgan fingerprint density at radius 2 is 2.00 bits per heavy atom. The molecule has 1 amide bonds. The molecule has 2 saturated heterocycles. The second kappa shape index (κ2) is 7.03. The number of hydrogen-bond donors (Lipinski definition) is 0. The topological polar surface area (TPSA) is 58.6 Å². The summed E-state index contributed by atoms with van der Waals surface area (Å²) in [6.45, 7) is 4.77. The summed E-state index contributed by atoms with van der Waals surface area (Å²) >= 11 is 1.70. The Bertz CT molecular complexity index is 705. The minimum absolute atomic E-state index is 0.291. The van der Waals surface area contributed by atoms with Gasteiger partial charge < -0.3 is 14.5 Å². The fraction of sp³-hybridized carbons (Fsp3) is 0.588. The Morgan fingerprint density at radius 1 is 1.21 bits per heavy atom. The molecule has 4 rings (SSSR count). The van der Waals surface area contributed by atoms with Gasteiger partial charge in [-0.25, -0.2) is 9.97 Å². The maximum Gasteiger partial charge on any atom is 0.223 e. The van der Waals surface area contributed by atoms with E-state index in [1.54, 1.807) is 17.7 Å². The zero-order valence-corrected chi connectivity index (χ0v) is 14.5. The van der Waals surface area contributed by atoms with Crippen LogP contribution >= 0.6 is 11.3 Å². The van der Waals surface area contributed by atoms with Crippen LogP contribution in [-0.2, 0) is 9.53 Å². The van der Waals surface area contributed by atoms with E-state index < -0.39 is 0 Å². The molecule has 0 spiro atoms. The molecule has 2 aromatic rings. The molecule has 6 nitrogen and oxygen atoms in total. The number of nitrogens with zero attached hydrogens (tertiary/aromatic N) is 4. The van der Waals surface area contributed by atoms with Crippen LogP contribution in [0.4, 0.5) is 5.82 Å². The third-order valence-electron chi connectivity index (χ3n) is 4.97. The van der Waals surface area contributed by atoms with Crippen molar-refractivity contribution in [3.05, 3.63) is 17.8 Å². The van der Waals surface area contributed by atoms with Gasteiger partial charge in [0.15, 0.2) is 0 Å². The first kappa shape index (κ1) is 15.8. The minimum Gasteiger partial charge on any atom is -0.378 e. The molecule has 0 saturated carbocycles. The highest BCUT2D eigenvalue weighted by Crippen LogP contribution is 2.31. The molecule has 2 aliphatic rings. The molecule has 2 aromatic heterocycles. The van der Waals surface area contributed by atoms with E-state index in [1.165, 1.54) is 4.70 Å². The summed E-state index contributed by atoms with van der Waals surface area (Å²) in [6.07, 6.45) is 4.42. The molecule has 0 radical (unpaired) electrons. The Kier molecular flexibility index (Phi) is 4.62. The first-order valence-electron chi connectivity index (χ1n) is 8.60. The van der Waals surface area contributed by atoms with Gasteiger partial charge in [0, 0.05) is 32.6 Å². The molecule has 128 valence electrons. The smallest absolute Gasteiger partial charge is 0.223 e. The summed E-state index contributed by atoms with van der Waals surface area (Å²) in [7, 11) is 0. The number of ether oxygens (including phenoxy) is 1. The summed E-state index contributed by atoms with van der Waals surface area (Å²) in [4.78, 5) is 25.5. The van der Waals surface area contributed by atoms with Crippen molar-refractivity contribution in [2.75, 3.05) is 44.3 Å². The van der Waals surface area contributed by atoms with Gasteiger partial charge in [0.25, 0.3) is 0 Å². The van der Waals surface area contributed by atoms with Crippen LogP contribution < -0.4 is 4.90 Å². The lowest BCUT2D eigenvalue weighted by Gasteiger charge is -2.34. The van der Waals surface area contributed by atoms with Gasteiger partial charge in [0.1, 0.15) is 12.1 Å². The monoisotopic (exact) mass is 346 g/mol. The Labute approximate surface area is 145 Å². The van der Waals surface area contributed by atoms with E-state index in [9.17, 15) is 4.79 Å². The molecule has 2 fully saturated rings. The summed E-state index contributed by atoms with van der Waals surface area (Å²) in [6, 6.07) is 2.04. The molecule has 0 unspecified atom stereocenters. The lowest BCUT2D eigenvalue weighted by molar-refractivity contribution is -0.136. The highest BCUT2D eigenvalue weighted by atomic mass is 32.1. The molecule has 7 heteroatoms. The quantitative estimate of drug-likeness (QED) is 0.852. The number of morpholine rings is 1. The number of rotatable bonds is 3. The maximum atomic E-state index is 12.4. The van der Waals surface area contributed by atoms with Crippen LogP contribution in [0.3, 0.4) is 0 Å². The third kappa shape index (κ3) is 3.23. The first-order valence-corrected chi connectivity index (χ1v) is 9.48. The van der Waals surface area contributed by atoms with Gasteiger partial charge in [-0.05, 0) is 30.2 Å². The van der Waals surface area contributed by atoms with Crippen molar-refractivity contribution < 1.29 is 9.53 Å². The van der Waals surface area contributed by atoms with E-state index in [0.717, 1.165) is 50.4 Å². The number of fused-ring (bicyclic) bond motifs is 1. The van der Waals surface area contributed by atoms with Gasteiger partial charge in [-0.3, -0.25) is 4.79 Å². The highest BCUT2D eigenvalue weighted by Gasteiger charge is 2.26. The molecule has 2 aliphatic heterocycles. The number of piperidine rings is 1. The minimum atomic E-state index is 0.291. The van der Waals surface area contributed by atoms with E-state index in [4.69, 9.17) is 4.74 Å².